The smallest absolute Gasteiger partial charge is 0.355 e. The van der Waals surface area contributed by atoms with Crippen LogP contribution in [0.4, 0.5) is 0 Å². The molecule has 1 aromatic heterocycles. The first-order valence-electron chi connectivity index (χ1n) is 8.37. The zero-order valence-electron chi connectivity index (χ0n) is 14.8. The van der Waals surface area contributed by atoms with Gasteiger partial charge in [0, 0.05) is 19.3 Å². The Hall–Kier alpha value is -2.16. The van der Waals surface area contributed by atoms with Crippen molar-refractivity contribution >= 4 is 16.0 Å². The third kappa shape index (κ3) is 3.98. The van der Waals surface area contributed by atoms with Crippen LogP contribution >= 0.6 is 0 Å². The number of sulfonamides is 1. The number of ether oxygens (including phenoxy) is 2. The number of aromatic nitrogens is 1. The fourth-order valence-electron chi connectivity index (χ4n) is 2.75. The zero-order valence-corrected chi connectivity index (χ0v) is 15.6. The molecule has 0 radical (unpaired) electrons. The van der Waals surface area contributed by atoms with Crippen LogP contribution in [-0.2, 0) is 26.1 Å². The van der Waals surface area contributed by atoms with Crippen molar-refractivity contribution in [2.45, 2.75) is 25.3 Å². The first-order chi connectivity index (χ1) is 12.4. The van der Waals surface area contributed by atoms with Gasteiger partial charge in [0.1, 0.15) is 17.2 Å². The van der Waals surface area contributed by atoms with Gasteiger partial charge in [-0.05, 0) is 31.0 Å². The Morgan fingerprint density at radius 2 is 1.96 bits per heavy atom. The van der Waals surface area contributed by atoms with E-state index in [0.717, 1.165) is 16.7 Å². The summed E-state index contributed by atoms with van der Waals surface area (Å²) >= 11 is 0. The molecule has 1 N–H and O–H groups in total. The SMILES string of the molecule is Cc1ccc(C)c(COC(=O)c2cc(S(=O)(=O)N3CCOCC3)c[nH]2)c1. The molecule has 0 unspecified atom stereocenters. The van der Waals surface area contributed by atoms with Crippen molar-refractivity contribution in [1.29, 1.82) is 0 Å². The number of hydrogen-bond acceptors (Lipinski definition) is 5. The summed E-state index contributed by atoms with van der Waals surface area (Å²) in [7, 11) is -3.64. The lowest BCUT2D eigenvalue weighted by Crippen LogP contribution is -2.40. The summed E-state index contributed by atoms with van der Waals surface area (Å²) < 4.78 is 37.0. The van der Waals surface area contributed by atoms with Crippen molar-refractivity contribution in [2.75, 3.05) is 26.3 Å². The first-order valence-corrected chi connectivity index (χ1v) is 9.81. The number of rotatable bonds is 5. The molecule has 2 aromatic rings. The lowest BCUT2D eigenvalue weighted by Gasteiger charge is -2.25. The average Bonchev–Trinajstić information content (AvgIpc) is 3.14. The monoisotopic (exact) mass is 378 g/mol. The van der Waals surface area contributed by atoms with Crippen LogP contribution in [0.15, 0.2) is 35.4 Å². The van der Waals surface area contributed by atoms with Crippen LogP contribution in [0.2, 0.25) is 0 Å². The number of nitrogens with zero attached hydrogens (tertiary/aromatic N) is 1. The third-order valence-electron chi connectivity index (χ3n) is 4.35. The van der Waals surface area contributed by atoms with E-state index in [4.69, 9.17) is 9.47 Å². The Kier molecular flexibility index (Phi) is 5.45. The van der Waals surface area contributed by atoms with Gasteiger partial charge in [0.2, 0.25) is 10.0 Å². The van der Waals surface area contributed by atoms with Gasteiger partial charge in [-0.1, -0.05) is 23.8 Å². The second kappa shape index (κ2) is 7.61. The summed E-state index contributed by atoms with van der Waals surface area (Å²) in [5, 5.41) is 0. The Bertz CT molecular complexity index is 898. The van der Waals surface area contributed by atoms with Gasteiger partial charge in [-0.25, -0.2) is 13.2 Å². The molecular formula is C18H22N2O5S. The minimum Gasteiger partial charge on any atom is -0.456 e. The maximum atomic E-state index is 12.6. The van der Waals surface area contributed by atoms with Gasteiger partial charge in [0.05, 0.1) is 13.2 Å². The molecule has 1 fully saturated rings. The quantitative estimate of drug-likeness (QED) is 0.804. The maximum Gasteiger partial charge on any atom is 0.355 e. The molecule has 1 aromatic carbocycles. The lowest BCUT2D eigenvalue weighted by molar-refractivity contribution is 0.0466. The second-order valence-corrected chi connectivity index (χ2v) is 8.21. The predicted octanol–water partition coefficient (Wildman–Crippen LogP) is 2.01. The molecule has 2 heterocycles. The second-order valence-electron chi connectivity index (χ2n) is 6.27. The van der Waals surface area contributed by atoms with Crippen LogP contribution in [-0.4, -0.2) is 50.0 Å². The summed E-state index contributed by atoms with van der Waals surface area (Å²) in [6.07, 6.45) is 1.32. The molecule has 0 spiro atoms. The van der Waals surface area contributed by atoms with Crippen LogP contribution in [0.1, 0.15) is 27.2 Å². The number of esters is 1. The van der Waals surface area contributed by atoms with Gasteiger partial charge in [-0.2, -0.15) is 4.31 Å². The Balaban J connectivity index is 1.69. The van der Waals surface area contributed by atoms with Crippen molar-refractivity contribution in [3.05, 3.63) is 52.8 Å². The van der Waals surface area contributed by atoms with E-state index in [1.54, 1.807) is 0 Å². The van der Waals surface area contributed by atoms with E-state index in [-0.39, 0.29) is 17.2 Å². The summed E-state index contributed by atoms with van der Waals surface area (Å²) in [5.41, 5.74) is 3.15. The molecule has 0 amide bonds. The number of benzene rings is 1. The van der Waals surface area contributed by atoms with E-state index in [1.807, 2.05) is 32.0 Å². The number of carbonyl (C=O) groups is 1. The summed E-state index contributed by atoms with van der Waals surface area (Å²) in [6.45, 7) is 5.41. The van der Waals surface area contributed by atoms with E-state index in [9.17, 15) is 13.2 Å². The number of H-pyrrole nitrogens is 1. The van der Waals surface area contributed by atoms with Gasteiger partial charge in [-0.15, -0.1) is 0 Å². The highest BCUT2D eigenvalue weighted by Gasteiger charge is 2.28. The number of carbonyl (C=O) groups excluding carboxylic acids is 1. The van der Waals surface area contributed by atoms with Crippen molar-refractivity contribution in [1.82, 2.24) is 9.29 Å². The molecule has 0 saturated carbocycles. The number of morpholine rings is 1. The van der Waals surface area contributed by atoms with Crippen LogP contribution < -0.4 is 0 Å². The molecule has 7 nitrogen and oxygen atoms in total. The van der Waals surface area contributed by atoms with Crippen LogP contribution in [0.5, 0.6) is 0 Å². The summed E-state index contributed by atoms with van der Waals surface area (Å²) in [6, 6.07) is 7.25. The fourth-order valence-corrected chi connectivity index (χ4v) is 4.16. The zero-order chi connectivity index (χ0) is 18.7. The standard InChI is InChI=1S/C18H22N2O5S/c1-13-3-4-14(2)15(9-13)12-25-18(21)17-10-16(11-19-17)26(22,23)20-5-7-24-8-6-20/h3-4,9-11,19H,5-8,12H2,1-2H3. The normalized spacial score (nSPS) is 15.8. The molecule has 1 aliphatic heterocycles. The lowest BCUT2D eigenvalue weighted by atomic mass is 10.1. The summed E-state index contributed by atoms with van der Waals surface area (Å²) in [4.78, 5) is 15.0. The molecule has 0 aliphatic carbocycles. The molecule has 8 heteroatoms. The fraction of sp³-hybridized carbons (Fsp3) is 0.389. The van der Waals surface area contributed by atoms with Gasteiger partial charge in [-0.3, -0.25) is 0 Å². The van der Waals surface area contributed by atoms with Crippen molar-refractivity contribution in [3.8, 4) is 0 Å². The summed E-state index contributed by atoms with van der Waals surface area (Å²) in [5.74, 6) is -0.589. The minimum absolute atomic E-state index is 0.0538. The predicted molar refractivity (Wildman–Crippen MR) is 95.4 cm³/mol. The Morgan fingerprint density at radius 3 is 2.69 bits per heavy atom. The van der Waals surface area contributed by atoms with Gasteiger partial charge < -0.3 is 14.5 Å². The average molecular weight is 378 g/mol. The molecule has 1 saturated heterocycles. The number of hydrogen-bond donors (Lipinski definition) is 1. The number of aryl methyl sites for hydroxylation is 2. The van der Waals surface area contributed by atoms with E-state index in [0.29, 0.717) is 26.3 Å². The van der Waals surface area contributed by atoms with E-state index < -0.39 is 16.0 Å². The van der Waals surface area contributed by atoms with Crippen molar-refractivity contribution in [2.24, 2.45) is 0 Å². The van der Waals surface area contributed by atoms with Crippen LogP contribution in [0.3, 0.4) is 0 Å². The van der Waals surface area contributed by atoms with Gasteiger partial charge >= 0.3 is 5.97 Å². The van der Waals surface area contributed by atoms with Crippen LogP contribution in [0, 0.1) is 13.8 Å². The highest BCUT2D eigenvalue weighted by atomic mass is 32.2. The van der Waals surface area contributed by atoms with E-state index in [2.05, 4.69) is 4.98 Å². The third-order valence-corrected chi connectivity index (χ3v) is 6.22. The minimum atomic E-state index is -3.64. The molecular weight excluding hydrogens is 356 g/mol. The van der Waals surface area contributed by atoms with Crippen molar-refractivity contribution < 1.29 is 22.7 Å². The molecule has 0 atom stereocenters. The van der Waals surface area contributed by atoms with E-state index in [1.165, 1.54) is 16.6 Å². The Morgan fingerprint density at radius 1 is 1.23 bits per heavy atom. The first kappa shape index (κ1) is 18.6. The number of nitrogens with one attached hydrogen (secondary N) is 1. The van der Waals surface area contributed by atoms with Gasteiger partial charge in [0.25, 0.3) is 0 Å². The van der Waals surface area contributed by atoms with Crippen molar-refractivity contribution in [3.63, 3.8) is 0 Å². The molecule has 0 bridgehead atoms. The van der Waals surface area contributed by atoms with Crippen LogP contribution in [0.25, 0.3) is 0 Å². The Labute approximate surface area is 153 Å². The topological polar surface area (TPSA) is 88.7 Å². The molecule has 1 aliphatic rings. The maximum absolute atomic E-state index is 12.6. The molecule has 140 valence electrons. The largest absolute Gasteiger partial charge is 0.456 e. The van der Waals surface area contributed by atoms with Gasteiger partial charge in [0.15, 0.2) is 0 Å². The highest BCUT2D eigenvalue weighted by molar-refractivity contribution is 7.89. The molecule has 26 heavy (non-hydrogen) atoms. The number of aromatic amines is 1. The van der Waals surface area contributed by atoms with E-state index >= 15 is 0 Å². The molecule has 3 rings (SSSR count). The highest BCUT2D eigenvalue weighted by Crippen LogP contribution is 2.19.